The van der Waals surface area contributed by atoms with E-state index < -0.39 is 10.0 Å². The van der Waals surface area contributed by atoms with Gasteiger partial charge >= 0.3 is 0 Å². The molecular formula is C19H31N3O3S. The molecule has 7 heteroatoms. The Hall–Kier alpha value is -1.15. The van der Waals surface area contributed by atoms with Gasteiger partial charge in [0, 0.05) is 26.2 Å². The lowest BCUT2D eigenvalue weighted by atomic mass is 9.97. The Morgan fingerprint density at radius 1 is 1.19 bits per heavy atom. The number of sulfonamides is 1. The minimum atomic E-state index is -3.27. The quantitative estimate of drug-likeness (QED) is 0.781. The number of hydrogen-bond acceptors (Lipinski definition) is 5. The first kappa shape index (κ1) is 19.6. The van der Waals surface area contributed by atoms with Crippen LogP contribution in [-0.4, -0.2) is 68.4 Å². The van der Waals surface area contributed by atoms with Crippen molar-refractivity contribution in [3.63, 3.8) is 0 Å². The SMILES string of the molecule is CC1CCN(C[C@H](O)CN2CCc3c(cccc3NS(C)(=O)=O)C2)CC1. The largest absolute Gasteiger partial charge is 0.390 e. The van der Waals surface area contributed by atoms with Gasteiger partial charge in [-0.1, -0.05) is 19.1 Å². The van der Waals surface area contributed by atoms with E-state index in [4.69, 9.17) is 0 Å². The maximum atomic E-state index is 11.5. The monoisotopic (exact) mass is 381 g/mol. The van der Waals surface area contributed by atoms with Gasteiger partial charge in [0.05, 0.1) is 18.0 Å². The van der Waals surface area contributed by atoms with Gasteiger partial charge in [-0.25, -0.2) is 8.42 Å². The third kappa shape index (κ3) is 5.42. The van der Waals surface area contributed by atoms with Crippen LogP contribution in [0.3, 0.4) is 0 Å². The molecule has 2 heterocycles. The zero-order chi connectivity index (χ0) is 18.7. The van der Waals surface area contributed by atoms with Crippen LogP contribution in [0.4, 0.5) is 5.69 Å². The number of piperidine rings is 1. The van der Waals surface area contributed by atoms with Crippen LogP contribution >= 0.6 is 0 Å². The normalized spacial score (nSPS) is 21.3. The lowest BCUT2D eigenvalue weighted by Gasteiger charge is -2.35. The highest BCUT2D eigenvalue weighted by Gasteiger charge is 2.23. The molecule has 2 aliphatic rings. The molecule has 6 nitrogen and oxygen atoms in total. The second kappa shape index (κ2) is 8.25. The summed E-state index contributed by atoms with van der Waals surface area (Å²) in [5.41, 5.74) is 2.91. The van der Waals surface area contributed by atoms with E-state index in [1.54, 1.807) is 0 Å². The first-order valence-electron chi connectivity index (χ1n) is 9.51. The van der Waals surface area contributed by atoms with Crippen LogP contribution < -0.4 is 4.72 Å². The van der Waals surface area contributed by atoms with Crippen LogP contribution in [-0.2, 0) is 23.0 Å². The van der Waals surface area contributed by atoms with Gasteiger partial charge in [0.25, 0.3) is 0 Å². The van der Waals surface area contributed by atoms with Crippen LogP contribution in [0.2, 0.25) is 0 Å². The van der Waals surface area contributed by atoms with Crippen LogP contribution in [0.5, 0.6) is 0 Å². The highest BCUT2D eigenvalue weighted by molar-refractivity contribution is 7.92. The molecule has 2 aliphatic heterocycles. The van der Waals surface area contributed by atoms with Crippen molar-refractivity contribution in [2.45, 2.75) is 38.8 Å². The first-order chi connectivity index (χ1) is 12.3. The van der Waals surface area contributed by atoms with Gasteiger partial charge in [-0.05, 0) is 55.5 Å². The van der Waals surface area contributed by atoms with Crippen molar-refractivity contribution in [1.29, 1.82) is 0 Å². The second-order valence-electron chi connectivity index (χ2n) is 7.94. The van der Waals surface area contributed by atoms with Crippen molar-refractivity contribution >= 4 is 15.7 Å². The average molecular weight is 382 g/mol. The fourth-order valence-electron chi connectivity index (χ4n) is 4.02. The van der Waals surface area contributed by atoms with Crippen molar-refractivity contribution in [2.24, 2.45) is 5.92 Å². The highest BCUT2D eigenvalue weighted by Crippen LogP contribution is 2.27. The third-order valence-electron chi connectivity index (χ3n) is 5.45. The summed E-state index contributed by atoms with van der Waals surface area (Å²) in [6.45, 7) is 7.46. The standard InChI is InChI=1S/C19H31N3O3S/c1-15-6-9-21(10-7-15)13-17(23)14-22-11-8-18-16(12-22)4-3-5-19(18)20-26(2,24)25/h3-5,15,17,20,23H,6-14H2,1-2H3/t17-/m0/s1. The molecule has 0 amide bonds. The molecule has 0 radical (unpaired) electrons. The molecule has 0 spiro atoms. The van der Waals surface area contributed by atoms with Gasteiger partial charge in [0.2, 0.25) is 10.0 Å². The topological polar surface area (TPSA) is 72.9 Å². The van der Waals surface area contributed by atoms with Crippen LogP contribution in [0.1, 0.15) is 30.9 Å². The maximum absolute atomic E-state index is 11.5. The molecule has 146 valence electrons. The minimum absolute atomic E-state index is 0.345. The molecule has 3 rings (SSSR count). The van der Waals surface area contributed by atoms with E-state index in [1.165, 1.54) is 19.1 Å². The molecule has 1 atom stereocenters. The van der Waals surface area contributed by atoms with E-state index in [2.05, 4.69) is 21.4 Å². The van der Waals surface area contributed by atoms with Crippen molar-refractivity contribution < 1.29 is 13.5 Å². The molecule has 26 heavy (non-hydrogen) atoms. The average Bonchev–Trinajstić information content (AvgIpc) is 2.55. The molecule has 2 N–H and O–H groups in total. The van der Waals surface area contributed by atoms with E-state index in [0.717, 1.165) is 56.2 Å². The Labute approximate surface area is 157 Å². The van der Waals surface area contributed by atoms with Crippen molar-refractivity contribution in [3.8, 4) is 0 Å². The summed E-state index contributed by atoms with van der Waals surface area (Å²) >= 11 is 0. The summed E-state index contributed by atoms with van der Waals surface area (Å²) in [6.07, 6.45) is 4.07. The Bertz CT molecular complexity index is 715. The second-order valence-corrected chi connectivity index (χ2v) is 9.69. The van der Waals surface area contributed by atoms with Crippen molar-refractivity contribution in [3.05, 3.63) is 29.3 Å². The number of benzene rings is 1. The summed E-state index contributed by atoms with van der Waals surface area (Å²) in [5.74, 6) is 0.803. The van der Waals surface area contributed by atoms with E-state index in [9.17, 15) is 13.5 Å². The summed E-state index contributed by atoms with van der Waals surface area (Å²) in [6, 6.07) is 5.76. The van der Waals surface area contributed by atoms with E-state index >= 15 is 0 Å². The van der Waals surface area contributed by atoms with Crippen LogP contribution in [0, 0.1) is 5.92 Å². The zero-order valence-electron chi connectivity index (χ0n) is 15.8. The lowest BCUT2D eigenvalue weighted by molar-refractivity contribution is 0.0576. The number of rotatable bonds is 6. The molecule has 0 saturated carbocycles. The summed E-state index contributed by atoms with van der Waals surface area (Å²) < 4.78 is 25.7. The molecule has 1 aromatic rings. The molecule has 1 fully saturated rings. The Kier molecular flexibility index (Phi) is 6.22. The zero-order valence-corrected chi connectivity index (χ0v) is 16.6. The number of aliphatic hydroxyl groups is 1. The maximum Gasteiger partial charge on any atom is 0.229 e. The number of aliphatic hydroxyl groups excluding tert-OH is 1. The fourth-order valence-corrected chi connectivity index (χ4v) is 4.61. The van der Waals surface area contributed by atoms with Crippen LogP contribution in [0.25, 0.3) is 0 Å². The van der Waals surface area contributed by atoms with Crippen molar-refractivity contribution in [1.82, 2.24) is 9.80 Å². The molecule has 1 aromatic carbocycles. The van der Waals surface area contributed by atoms with Gasteiger partial charge in [-0.15, -0.1) is 0 Å². The number of likely N-dealkylation sites (tertiary alicyclic amines) is 1. The number of nitrogens with zero attached hydrogens (tertiary/aromatic N) is 2. The van der Waals surface area contributed by atoms with Crippen molar-refractivity contribution in [2.75, 3.05) is 43.7 Å². The Balaban J connectivity index is 1.56. The molecule has 1 saturated heterocycles. The van der Waals surface area contributed by atoms with Gasteiger partial charge < -0.3 is 10.0 Å². The number of nitrogens with one attached hydrogen (secondary N) is 1. The first-order valence-corrected chi connectivity index (χ1v) is 11.4. The number of anilines is 1. The predicted octanol–water partition coefficient (Wildman–Crippen LogP) is 1.51. The van der Waals surface area contributed by atoms with Gasteiger partial charge in [0.15, 0.2) is 0 Å². The molecular weight excluding hydrogens is 350 g/mol. The summed E-state index contributed by atoms with van der Waals surface area (Å²) in [4.78, 5) is 4.64. The van der Waals surface area contributed by atoms with Gasteiger partial charge in [-0.2, -0.15) is 0 Å². The molecule has 0 unspecified atom stereocenters. The minimum Gasteiger partial charge on any atom is -0.390 e. The predicted molar refractivity (Wildman–Crippen MR) is 105 cm³/mol. The van der Waals surface area contributed by atoms with Crippen LogP contribution in [0.15, 0.2) is 18.2 Å². The number of fused-ring (bicyclic) bond motifs is 1. The highest BCUT2D eigenvalue weighted by atomic mass is 32.2. The molecule has 0 bridgehead atoms. The Morgan fingerprint density at radius 3 is 2.58 bits per heavy atom. The third-order valence-corrected chi connectivity index (χ3v) is 6.05. The van der Waals surface area contributed by atoms with Gasteiger partial charge in [0.1, 0.15) is 0 Å². The number of β-amino-alcohol motifs (C(OH)–C–C–N with tert-alkyl or cyclic N) is 1. The summed E-state index contributed by atoms with van der Waals surface area (Å²) in [7, 11) is -3.27. The van der Waals surface area contributed by atoms with E-state index in [1.807, 2.05) is 18.2 Å². The summed E-state index contributed by atoms with van der Waals surface area (Å²) in [5, 5.41) is 10.5. The fraction of sp³-hybridized carbons (Fsp3) is 0.684. The Morgan fingerprint density at radius 2 is 1.88 bits per heavy atom. The smallest absolute Gasteiger partial charge is 0.229 e. The lowest BCUT2D eigenvalue weighted by Crippen LogP contribution is -2.44. The van der Waals surface area contributed by atoms with Gasteiger partial charge in [-0.3, -0.25) is 9.62 Å². The molecule has 0 aliphatic carbocycles. The molecule has 0 aromatic heterocycles. The van der Waals surface area contributed by atoms with E-state index in [-0.39, 0.29) is 6.10 Å². The number of hydrogen-bond donors (Lipinski definition) is 2. The van der Waals surface area contributed by atoms with E-state index in [0.29, 0.717) is 12.2 Å².